The maximum Gasteiger partial charge on any atom is 0.444 e. The molecule has 1 atom stereocenters. The molecule has 0 saturated heterocycles. The number of ether oxygens (including phenoxy) is 2. The van der Waals surface area contributed by atoms with Gasteiger partial charge in [0.25, 0.3) is 0 Å². The maximum atomic E-state index is 12.2. The zero-order valence-corrected chi connectivity index (χ0v) is 16.3. The summed E-state index contributed by atoms with van der Waals surface area (Å²) in [5.41, 5.74) is 0.551. The highest BCUT2D eigenvalue weighted by Crippen LogP contribution is 2.23. The zero-order chi connectivity index (χ0) is 19.8. The van der Waals surface area contributed by atoms with Crippen molar-refractivity contribution in [1.82, 2.24) is 9.78 Å². The Hall–Kier alpha value is -3.02. The van der Waals surface area contributed by atoms with Crippen molar-refractivity contribution in [1.29, 1.82) is 0 Å². The first kappa shape index (κ1) is 19.7. The van der Waals surface area contributed by atoms with Gasteiger partial charge in [0.1, 0.15) is 11.5 Å². The normalized spacial score (nSPS) is 11.9. The molecule has 0 fully saturated rings. The summed E-state index contributed by atoms with van der Waals surface area (Å²) in [7, 11) is 0. The largest absolute Gasteiger partial charge is 0.457 e. The second-order valence-corrected chi connectivity index (χ2v) is 6.69. The van der Waals surface area contributed by atoms with Crippen molar-refractivity contribution in [3.05, 3.63) is 65.1 Å². The average Bonchev–Trinajstić information content (AvgIpc) is 3.10. The van der Waals surface area contributed by atoms with E-state index in [0.29, 0.717) is 29.7 Å². The molecule has 1 unspecified atom stereocenters. The molecule has 0 aliphatic carbocycles. The number of aromatic nitrogens is 2. The van der Waals surface area contributed by atoms with Crippen molar-refractivity contribution >= 4 is 0 Å². The van der Waals surface area contributed by atoms with Crippen LogP contribution in [-0.4, -0.2) is 16.4 Å². The summed E-state index contributed by atoms with van der Waals surface area (Å²) in [6.45, 7) is 4.80. The molecule has 6 heteroatoms. The van der Waals surface area contributed by atoms with Crippen LogP contribution in [0.2, 0.25) is 0 Å². The van der Waals surface area contributed by atoms with Gasteiger partial charge in [-0.05, 0) is 36.6 Å². The summed E-state index contributed by atoms with van der Waals surface area (Å²) in [5, 5.41) is 4.17. The summed E-state index contributed by atoms with van der Waals surface area (Å²) >= 11 is 0. The van der Waals surface area contributed by atoms with Crippen LogP contribution in [0, 0.1) is 5.92 Å². The third kappa shape index (κ3) is 5.25. The lowest BCUT2D eigenvalue weighted by Gasteiger charge is -2.12. The molecule has 0 aliphatic rings. The fourth-order valence-corrected chi connectivity index (χ4v) is 2.87. The highest BCUT2D eigenvalue weighted by atomic mass is 16.6. The molecule has 0 N–H and O–H groups in total. The first-order valence-electron chi connectivity index (χ1n) is 9.76. The summed E-state index contributed by atoms with van der Waals surface area (Å²) in [6, 6.07) is 16.6. The molecule has 148 valence electrons. The molecule has 0 radical (unpaired) electrons. The standard InChI is InChI=1S/C22H26N2O4/c1-3-5-10-17(4-2)16-26-21-23-24(22(25)28-21)18-11-9-14-20(15-18)27-19-12-7-6-8-13-19/h6-9,11-15,17H,3-5,10,16H2,1-2H3. The number of nitrogens with zero attached hydrogens (tertiary/aromatic N) is 2. The fourth-order valence-electron chi connectivity index (χ4n) is 2.87. The number of hydrogen-bond donors (Lipinski definition) is 0. The van der Waals surface area contributed by atoms with E-state index in [-0.39, 0.29) is 6.08 Å². The van der Waals surface area contributed by atoms with Crippen LogP contribution in [0.25, 0.3) is 5.69 Å². The molecule has 6 nitrogen and oxygen atoms in total. The molecule has 3 rings (SSSR count). The van der Waals surface area contributed by atoms with Crippen molar-refractivity contribution in [2.75, 3.05) is 6.61 Å². The maximum absolute atomic E-state index is 12.2. The predicted octanol–water partition coefficient (Wildman–Crippen LogP) is 5.21. The van der Waals surface area contributed by atoms with Crippen LogP contribution in [0.15, 0.2) is 63.8 Å². The topological polar surface area (TPSA) is 66.5 Å². The van der Waals surface area contributed by atoms with Gasteiger partial charge in [-0.3, -0.25) is 0 Å². The van der Waals surface area contributed by atoms with E-state index < -0.39 is 5.76 Å². The first-order valence-corrected chi connectivity index (χ1v) is 9.76. The second kappa shape index (κ2) is 9.78. The Labute approximate surface area is 164 Å². The van der Waals surface area contributed by atoms with Crippen molar-refractivity contribution < 1.29 is 13.9 Å². The minimum Gasteiger partial charge on any atom is -0.457 e. The molecule has 1 aromatic heterocycles. The van der Waals surface area contributed by atoms with Gasteiger partial charge >= 0.3 is 11.8 Å². The van der Waals surface area contributed by atoms with E-state index in [9.17, 15) is 4.79 Å². The smallest absolute Gasteiger partial charge is 0.444 e. The number of unbranched alkanes of at least 4 members (excludes halogenated alkanes) is 1. The average molecular weight is 382 g/mol. The van der Waals surface area contributed by atoms with Crippen molar-refractivity contribution in [3.63, 3.8) is 0 Å². The minimum absolute atomic E-state index is 0.00525. The summed E-state index contributed by atoms with van der Waals surface area (Å²) in [6.07, 6.45) is 4.42. The molecule has 28 heavy (non-hydrogen) atoms. The number of hydrogen-bond acceptors (Lipinski definition) is 5. The summed E-state index contributed by atoms with van der Waals surface area (Å²) in [5.74, 6) is 1.16. The summed E-state index contributed by atoms with van der Waals surface area (Å²) in [4.78, 5) is 12.2. The number of rotatable bonds is 10. The lowest BCUT2D eigenvalue weighted by atomic mass is 10.0. The second-order valence-electron chi connectivity index (χ2n) is 6.69. The molecule has 0 spiro atoms. The van der Waals surface area contributed by atoms with E-state index in [4.69, 9.17) is 13.9 Å². The fraction of sp³-hybridized carbons (Fsp3) is 0.364. The molecule has 2 aromatic carbocycles. The van der Waals surface area contributed by atoms with Crippen LogP contribution in [0.3, 0.4) is 0 Å². The van der Waals surface area contributed by atoms with Crippen LogP contribution in [-0.2, 0) is 0 Å². The molecule has 0 amide bonds. The Bertz CT molecular complexity index is 918. The molecular formula is C22H26N2O4. The van der Waals surface area contributed by atoms with E-state index in [0.717, 1.165) is 25.7 Å². The molecule has 3 aromatic rings. The monoisotopic (exact) mass is 382 g/mol. The van der Waals surface area contributed by atoms with Crippen LogP contribution >= 0.6 is 0 Å². The van der Waals surface area contributed by atoms with Crippen LogP contribution in [0.5, 0.6) is 17.6 Å². The highest BCUT2D eigenvalue weighted by Gasteiger charge is 2.14. The van der Waals surface area contributed by atoms with Gasteiger partial charge in [0.15, 0.2) is 0 Å². The van der Waals surface area contributed by atoms with Gasteiger partial charge in [-0.25, -0.2) is 4.79 Å². The van der Waals surface area contributed by atoms with E-state index in [1.807, 2.05) is 36.4 Å². The minimum atomic E-state index is -0.589. The first-order chi connectivity index (χ1) is 13.7. The lowest BCUT2D eigenvalue weighted by molar-refractivity contribution is 0.176. The van der Waals surface area contributed by atoms with Gasteiger partial charge in [0.05, 0.1) is 12.3 Å². The Morgan fingerprint density at radius 1 is 1.07 bits per heavy atom. The third-order valence-corrected chi connectivity index (χ3v) is 4.56. The molecule has 0 bridgehead atoms. The van der Waals surface area contributed by atoms with Gasteiger partial charge in [-0.2, -0.15) is 4.68 Å². The van der Waals surface area contributed by atoms with E-state index in [1.165, 1.54) is 4.68 Å². The molecule has 1 heterocycles. The van der Waals surface area contributed by atoms with E-state index >= 15 is 0 Å². The SMILES string of the molecule is CCCCC(CC)COc1nn(-c2cccc(Oc3ccccc3)c2)c(=O)o1. The van der Waals surface area contributed by atoms with E-state index in [1.54, 1.807) is 18.2 Å². The van der Waals surface area contributed by atoms with Gasteiger partial charge in [-0.15, -0.1) is 0 Å². The van der Waals surface area contributed by atoms with Crippen molar-refractivity contribution in [2.24, 2.45) is 5.92 Å². The number of para-hydroxylation sites is 1. The Morgan fingerprint density at radius 3 is 2.61 bits per heavy atom. The van der Waals surface area contributed by atoms with Gasteiger partial charge < -0.3 is 13.9 Å². The quantitative estimate of drug-likeness (QED) is 0.481. The number of benzene rings is 2. The molecular weight excluding hydrogens is 356 g/mol. The Balaban J connectivity index is 1.70. The van der Waals surface area contributed by atoms with Crippen LogP contribution < -0.4 is 15.2 Å². The van der Waals surface area contributed by atoms with Crippen molar-refractivity contribution in [3.8, 4) is 23.3 Å². The highest BCUT2D eigenvalue weighted by molar-refractivity contribution is 5.40. The Kier molecular flexibility index (Phi) is 6.89. The predicted molar refractivity (Wildman–Crippen MR) is 107 cm³/mol. The van der Waals surface area contributed by atoms with Gasteiger partial charge in [0.2, 0.25) is 0 Å². The van der Waals surface area contributed by atoms with E-state index in [2.05, 4.69) is 18.9 Å². The molecule has 0 saturated carbocycles. The van der Waals surface area contributed by atoms with Gasteiger partial charge in [0, 0.05) is 6.07 Å². The Morgan fingerprint density at radius 2 is 1.86 bits per heavy atom. The van der Waals surface area contributed by atoms with Gasteiger partial charge in [-0.1, -0.05) is 62.5 Å². The summed E-state index contributed by atoms with van der Waals surface area (Å²) < 4.78 is 17.8. The lowest BCUT2D eigenvalue weighted by Crippen LogP contribution is -2.13. The van der Waals surface area contributed by atoms with Crippen molar-refractivity contribution in [2.45, 2.75) is 39.5 Å². The van der Waals surface area contributed by atoms with Crippen LogP contribution in [0.1, 0.15) is 39.5 Å². The third-order valence-electron chi connectivity index (χ3n) is 4.56. The molecule has 0 aliphatic heterocycles. The van der Waals surface area contributed by atoms with Crippen LogP contribution in [0.4, 0.5) is 0 Å². The zero-order valence-electron chi connectivity index (χ0n) is 16.3.